The summed E-state index contributed by atoms with van der Waals surface area (Å²) in [7, 11) is 7.39. The maximum absolute atomic E-state index is 13.4. The maximum Gasteiger partial charge on any atom is 1.00 e. The van der Waals surface area contributed by atoms with Crippen LogP contribution >= 0.6 is 0 Å². The minimum Gasteiger partial charge on any atom is -1.00 e. The van der Waals surface area contributed by atoms with Crippen molar-refractivity contribution in [1.82, 2.24) is 39.3 Å². The zero-order chi connectivity index (χ0) is 61.0. The van der Waals surface area contributed by atoms with Crippen LogP contribution in [0.5, 0.6) is 11.5 Å². The first-order valence-corrected chi connectivity index (χ1v) is 26.0. The number of nitrogens with zero attached hydrogens (tertiary/aromatic N) is 6. The van der Waals surface area contributed by atoms with Crippen LogP contribution in [-0.4, -0.2) is 113 Å². The number of ether oxygens (including phenoxy) is 3. The number of aryl methyl sites for hydroxylation is 6. The van der Waals surface area contributed by atoms with Crippen LogP contribution in [-0.2, 0) is 60.4 Å². The number of hydrogen-bond acceptors (Lipinski definition) is 15. The molecule has 0 aliphatic rings. The van der Waals surface area contributed by atoms with E-state index < -0.39 is 36.1 Å². The predicted octanol–water partition coefficient (Wildman–Crippen LogP) is 3.93. The number of benzene rings is 2. The van der Waals surface area contributed by atoms with Gasteiger partial charge in [-0.15, -0.1) is 0 Å². The standard InChI is InChI=1S/C27H34N4O5.C26H32N4O5.C6H10O2.Li.H2O2.H/c1-16(2)24(31-17(3)8-9-18(31)4)25(32)29-21(27(34)36-7)14-19-10-12-20(13-11-19)23-22(35-6)15-28-30(5)26(23)33;1-15(2)23(30-16(3)7-8-17(30)4)24(31)28-20(26(33)34)13-18-9-11-19(12-10-18)22-21(35-6)14-27-29(5)25(22)32;1-5(7)3-4-6(2)8;;1-2;/h8-13,15-16,21,24H,14H2,1-7H3,(H,29,32);7-12,14-15,20,23H,13H2,1-6H3,(H,28,31)(H,33,34);3-4H2,1-2H3;;1-2H;/q;;;+1;;-1/t21-,24?;20-,23?;;;;/m00..../s1. The van der Waals surface area contributed by atoms with Gasteiger partial charge in [0.15, 0.2) is 11.5 Å². The summed E-state index contributed by atoms with van der Waals surface area (Å²) in [5.41, 5.74) is 6.82. The van der Waals surface area contributed by atoms with E-state index in [9.17, 15) is 43.5 Å². The van der Waals surface area contributed by atoms with Gasteiger partial charge in [-0.25, -0.2) is 19.0 Å². The predicted molar refractivity (Wildman–Crippen MR) is 306 cm³/mol. The van der Waals surface area contributed by atoms with Crippen LogP contribution in [0.25, 0.3) is 22.3 Å². The molecule has 0 fully saturated rings. The molecule has 6 rings (SSSR count). The fourth-order valence-electron chi connectivity index (χ4n) is 9.05. The van der Waals surface area contributed by atoms with Crippen LogP contribution < -0.4 is 50.1 Å². The number of aromatic nitrogens is 6. The second-order valence-electron chi connectivity index (χ2n) is 20.1. The van der Waals surface area contributed by atoms with E-state index in [1.165, 1.54) is 56.9 Å². The van der Waals surface area contributed by atoms with Gasteiger partial charge in [0.1, 0.15) is 35.7 Å². The number of hydrogen-bond donors (Lipinski definition) is 5. The molecule has 0 saturated heterocycles. The number of Topliss-reactive ketones (excluding diaryl/α,β-unsaturated/α-hetero) is 2. The third kappa shape index (κ3) is 18.8. The van der Waals surface area contributed by atoms with Crippen molar-refractivity contribution in [3.05, 3.63) is 140 Å². The average molecular weight is 1130 g/mol. The van der Waals surface area contributed by atoms with Crippen LogP contribution in [0.15, 0.2) is 94.8 Å². The Hall–Kier alpha value is -7.90. The van der Waals surface area contributed by atoms with Gasteiger partial charge in [0.2, 0.25) is 11.8 Å². The van der Waals surface area contributed by atoms with Crippen molar-refractivity contribution >= 4 is 35.3 Å². The summed E-state index contributed by atoms with van der Waals surface area (Å²) in [5, 5.41) is 35.4. The number of nitrogens with one attached hydrogen (secondary N) is 2. The van der Waals surface area contributed by atoms with Gasteiger partial charge in [-0.2, -0.15) is 10.2 Å². The quantitative estimate of drug-likeness (QED) is 0.0295. The van der Waals surface area contributed by atoms with Gasteiger partial charge in [0.25, 0.3) is 11.1 Å². The molecule has 4 aromatic heterocycles. The van der Waals surface area contributed by atoms with Gasteiger partial charge in [-0.3, -0.25) is 29.7 Å². The molecule has 82 heavy (non-hydrogen) atoms. The Kier molecular flexibility index (Phi) is 28.4. The zero-order valence-electron chi connectivity index (χ0n) is 50.9. The van der Waals surface area contributed by atoms with E-state index in [0.29, 0.717) is 52.2 Å². The molecule has 0 saturated carbocycles. The van der Waals surface area contributed by atoms with Gasteiger partial charge < -0.3 is 50.1 Å². The molecule has 0 bridgehead atoms. The molecule has 4 heterocycles. The summed E-state index contributed by atoms with van der Waals surface area (Å²) in [5.74, 6) is -1.36. The van der Waals surface area contributed by atoms with Crippen LogP contribution in [0.3, 0.4) is 0 Å². The van der Waals surface area contributed by atoms with Crippen molar-refractivity contribution in [3.63, 3.8) is 0 Å². The maximum atomic E-state index is 13.4. The minimum absolute atomic E-state index is 0. The minimum atomic E-state index is -1.12. The van der Waals surface area contributed by atoms with Crippen LogP contribution in [0.4, 0.5) is 0 Å². The summed E-state index contributed by atoms with van der Waals surface area (Å²) >= 11 is 0. The van der Waals surface area contributed by atoms with Gasteiger partial charge >= 0.3 is 30.8 Å². The third-order valence-electron chi connectivity index (χ3n) is 13.3. The first-order valence-electron chi connectivity index (χ1n) is 26.0. The zero-order valence-corrected chi connectivity index (χ0v) is 49.9. The van der Waals surface area contributed by atoms with Crippen molar-refractivity contribution in [2.45, 2.75) is 119 Å². The van der Waals surface area contributed by atoms with E-state index in [1.807, 2.05) is 101 Å². The molecule has 6 aromatic rings. The molecule has 2 unspecified atom stereocenters. The summed E-state index contributed by atoms with van der Waals surface area (Å²) in [6, 6.07) is 19.0. The topological polar surface area (TPSA) is 294 Å². The molecule has 440 valence electrons. The smallest absolute Gasteiger partial charge is 1.00 e. The molecule has 0 spiro atoms. The molecular weight excluding hydrogens is 1050 g/mol. The Labute approximate surface area is 491 Å². The number of ketones is 2. The Morgan fingerprint density at radius 2 is 0.878 bits per heavy atom. The Bertz CT molecular complexity index is 3190. The largest absolute Gasteiger partial charge is 1.00 e. The number of rotatable bonds is 21. The van der Waals surface area contributed by atoms with Gasteiger partial charge in [0, 0.05) is 62.6 Å². The number of carboxylic acid groups (broad SMARTS) is 1. The molecule has 0 radical (unpaired) electrons. The first kappa shape index (κ1) is 70.2. The average Bonchev–Trinajstić information content (AvgIpc) is 4.18. The summed E-state index contributed by atoms with van der Waals surface area (Å²) < 4.78 is 22.0. The molecule has 2 aromatic carbocycles. The fourth-order valence-corrected chi connectivity index (χ4v) is 9.05. The molecule has 5 N–H and O–H groups in total. The van der Waals surface area contributed by atoms with Crippen molar-refractivity contribution in [2.24, 2.45) is 25.9 Å². The molecule has 4 atom stereocenters. The van der Waals surface area contributed by atoms with Crippen molar-refractivity contribution in [3.8, 4) is 33.8 Å². The summed E-state index contributed by atoms with van der Waals surface area (Å²) in [6.45, 7) is 18.6. The number of amides is 2. The summed E-state index contributed by atoms with van der Waals surface area (Å²) in [6.07, 6.45) is 4.09. The van der Waals surface area contributed by atoms with E-state index in [-0.39, 0.29) is 79.5 Å². The van der Waals surface area contributed by atoms with Crippen LogP contribution in [0.2, 0.25) is 0 Å². The van der Waals surface area contributed by atoms with Gasteiger partial charge in [0.05, 0.1) is 44.8 Å². The van der Waals surface area contributed by atoms with Crippen LogP contribution in [0, 0.1) is 39.5 Å². The van der Waals surface area contributed by atoms with Gasteiger partial charge in [-0.1, -0.05) is 76.2 Å². The molecule has 0 aliphatic carbocycles. The third-order valence-corrected chi connectivity index (χ3v) is 13.3. The molecular formula is C59H79LiN8O14. The molecule has 0 aliphatic heterocycles. The molecule has 23 heteroatoms. The SMILES string of the molecule is CC(=O)CCC(C)=O.COC(=O)[C@H](Cc1ccc(-c2c(OC)cnn(C)c2=O)cc1)NC(=O)C(C(C)C)n1c(C)ccc1C.COc1cnn(C)c(=O)c1-c1ccc(C[C@H](NC(=O)C(C(C)C)n2c(C)ccc2C)C(=O)O)cc1.OO.[H-].[Li+]. The number of aliphatic carboxylic acids is 1. The number of esters is 1. The summed E-state index contributed by atoms with van der Waals surface area (Å²) in [4.78, 5) is 96.8. The van der Waals surface area contributed by atoms with E-state index in [4.69, 9.17) is 24.7 Å². The van der Waals surface area contributed by atoms with E-state index in [0.717, 1.165) is 28.3 Å². The molecule has 22 nitrogen and oxygen atoms in total. The van der Waals surface area contributed by atoms with Crippen molar-refractivity contribution in [2.75, 3.05) is 21.3 Å². The van der Waals surface area contributed by atoms with Crippen molar-refractivity contribution < 1.29 is 78.9 Å². The van der Waals surface area contributed by atoms with Gasteiger partial charge in [-0.05, 0) is 99.9 Å². The number of carbonyl (C=O) groups is 6. The Balaban J connectivity index is 0.000000699. The molecule has 2 amide bonds. The first-order chi connectivity index (χ1) is 38.3. The second kappa shape index (κ2) is 33.1. The Morgan fingerprint density at radius 3 is 1.16 bits per heavy atom. The number of methoxy groups -OCH3 is 3. The fraction of sp³-hybridized carbons (Fsp3) is 0.424. The van der Waals surface area contributed by atoms with Crippen molar-refractivity contribution in [1.29, 1.82) is 0 Å². The second-order valence-corrected chi connectivity index (χ2v) is 20.1. The van der Waals surface area contributed by atoms with E-state index in [2.05, 4.69) is 20.8 Å². The normalized spacial score (nSPS) is 12.0. The Morgan fingerprint density at radius 1 is 0.561 bits per heavy atom. The number of carboxylic acids is 1. The van der Waals surface area contributed by atoms with E-state index >= 15 is 0 Å². The number of carbonyl (C=O) groups excluding carboxylic acids is 5. The van der Waals surface area contributed by atoms with Crippen LogP contribution in [0.1, 0.15) is 102 Å². The monoisotopic (exact) mass is 1130 g/mol. The van der Waals surface area contributed by atoms with E-state index in [1.54, 1.807) is 50.5 Å².